The van der Waals surface area contributed by atoms with Crippen LogP contribution in [-0.4, -0.2) is 47.8 Å². The molecule has 4 rings (SSSR count). The van der Waals surface area contributed by atoms with Gasteiger partial charge in [0.1, 0.15) is 24.5 Å². The third kappa shape index (κ3) is 5.88. The molecule has 1 saturated carbocycles. The number of ether oxygens (including phenoxy) is 2. The maximum Gasteiger partial charge on any atom is 0.411 e. The number of carbonyl (C=O) groups excluding carboxylic acids is 4. The summed E-state index contributed by atoms with van der Waals surface area (Å²) in [5.74, 6) is -1.32. The SMILES string of the molecule is COC(=O)[C@@H](NC(=O)[C@@H]1Cc2ccccc2CN1C(=O)OCc1ccccc1)[C@@H]1CCCC(=O)C1. The molecule has 0 unspecified atom stereocenters. The molecule has 1 aliphatic carbocycles. The van der Waals surface area contributed by atoms with E-state index in [-0.39, 0.29) is 31.3 Å². The summed E-state index contributed by atoms with van der Waals surface area (Å²) in [5, 5.41) is 2.80. The summed E-state index contributed by atoms with van der Waals surface area (Å²) >= 11 is 0. The molecule has 0 aromatic heterocycles. The zero-order chi connectivity index (χ0) is 24.8. The van der Waals surface area contributed by atoms with Crippen LogP contribution in [-0.2, 0) is 43.4 Å². The van der Waals surface area contributed by atoms with Gasteiger partial charge < -0.3 is 14.8 Å². The van der Waals surface area contributed by atoms with E-state index in [0.717, 1.165) is 16.7 Å². The lowest BCUT2D eigenvalue weighted by molar-refractivity contribution is -0.148. The number of Topliss-reactive ketones (excluding diaryl/α,β-unsaturated/α-hetero) is 1. The molecule has 1 aliphatic heterocycles. The molecule has 3 atom stereocenters. The monoisotopic (exact) mass is 478 g/mol. The van der Waals surface area contributed by atoms with Gasteiger partial charge in [0.25, 0.3) is 0 Å². The van der Waals surface area contributed by atoms with Crippen LogP contribution in [0.4, 0.5) is 4.79 Å². The molecular formula is C27H30N2O6. The lowest BCUT2D eigenvalue weighted by atomic mass is 9.83. The first-order valence-corrected chi connectivity index (χ1v) is 11.9. The summed E-state index contributed by atoms with van der Waals surface area (Å²) in [5.41, 5.74) is 2.74. The second-order valence-electron chi connectivity index (χ2n) is 9.06. The smallest absolute Gasteiger partial charge is 0.411 e. The number of nitrogens with zero attached hydrogens (tertiary/aromatic N) is 1. The summed E-state index contributed by atoms with van der Waals surface area (Å²) in [7, 11) is 1.26. The van der Waals surface area contributed by atoms with Gasteiger partial charge in [0, 0.05) is 19.3 Å². The molecule has 0 bridgehead atoms. The Hall–Kier alpha value is -3.68. The molecule has 0 radical (unpaired) electrons. The van der Waals surface area contributed by atoms with Gasteiger partial charge in [-0.05, 0) is 35.4 Å². The third-order valence-electron chi connectivity index (χ3n) is 6.74. The van der Waals surface area contributed by atoms with Crippen molar-refractivity contribution in [1.82, 2.24) is 10.2 Å². The Bertz CT molecular complexity index is 1090. The zero-order valence-electron chi connectivity index (χ0n) is 19.8. The molecule has 1 fully saturated rings. The van der Waals surface area contributed by atoms with E-state index in [2.05, 4.69) is 5.32 Å². The van der Waals surface area contributed by atoms with E-state index >= 15 is 0 Å². The van der Waals surface area contributed by atoms with Crippen molar-refractivity contribution in [2.45, 2.75) is 57.3 Å². The summed E-state index contributed by atoms with van der Waals surface area (Å²) in [4.78, 5) is 52.6. The van der Waals surface area contributed by atoms with E-state index in [0.29, 0.717) is 25.7 Å². The number of nitrogens with one attached hydrogen (secondary N) is 1. The first-order valence-electron chi connectivity index (χ1n) is 11.9. The van der Waals surface area contributed by atoms with Gasteiger partial charge >= 0.3 is 12.1 Å². The predicted octanol–water partition coefficient (Wildman–Crippen LogP) is 3.17. The van der Waals surface area contributed by atoms with Crippen molar-refractivity contribution >= 4 is 23.8 Å². The highest BCUT2D eigenvalue weighted by Crippen LogP contribution is 2.27. The first-order chi connectivity index (χ1) is 17.0. The fraction of sp³-hybridized carbons (Fsp3) is 0.407. The number of amides is 2. The molecule has 1 heterocycles. The molecule has 0 saturated heterocycles. The van der Waals surface area contributed by atoms with E-state index in [4.69, 9.17) is 9.47 Å². The molecule has 8 heteroatoms. The second kappa shape index (κ2) is 11.2. The summed E-state index contributed by atoms with van der Waals surface area (Å²) in [6.07, 6.45) is 1.70. The van der Waals surface area contributed by atoms with Gasteiger partial charge in [0.2, 0.25) is 5.91 Å². The summed E-state index contributed by atoms with van der Waals surface area (Å²) in [6.45, 7) is 0.299. The third-order valence-corrected chi connectivity index (χ3v) is 6.74. The minimum Gasteiger partial charge on any atom is -0.467 e. The zero-order valence-corrected chi connectivity index (χ0v) is 19.8. The van der Waals surface area contributed by atoms with Crippen molar-refractivity contribution in [2.24, 2.45) is 5.92 Å². The molecule has 1 N–H and O–H groups in total. The van der Waals surface area contributed by atoms with Crippen LogP contribution in [0.25, 0.3) is 0 Å². The predicted molar refractivity (Wildman–Crippen MR) is 127 cm³/mol. The molecule has 2 aliphatic rings. The average Bonchev–Trinajstić information content (AvgIpc) is 2.89. The quantitative estimate of drug-likeness (QED) is 0.640. The minimum atomic E-state index is -0.948. The Labute approximate surface area is 204 Å². The topological polar surface area (TPSA) is 102 Å². The van der Waals surface area contributed by atoms with Crippen LogP contribution < -0.4 is 5.32 Å². The Morgan fingerprint density at radius 3 is 2.46 bits per heavy atom. The van der Waals surface area contributed by atoms with Crippen LogP contribution in [0.15, 0.2) is 54.6 Å². The minimum absolute atomic E-state index is 0.0714. The number of rotatable bonds is 6. The van der Waals surface area contributed by atoms with Gasteiger partial charge in [0.05, 0.1) is 13.7 Å². The van der Waals surface area contributed by atoms with Gasteiger partial charge in [-0.25, -0.2) is 9.59 Å². The normalized spacial score (nSPS) is 20.4. The summed E-state index contributed by atoms with van der Waals surface area (Å²) in [6, 6.07) is 15.1. The molecular weight excluding hydrogens is 448 g/mol. The fourth-order valence-corrected chi connectivity index (χ4v) is 4.84. The van der Waals surface area contributed by atoms with E-state index in [1.165, 1.54) is 12.0 Å². The number of fused-ring (bicyclic) bond motifs is 1. The van der Waals surface area contributed by atoms with Crippen LogP contribution in [0.1, 0.15) is 42.4 Å². The van der Waals surface area contributed by atoms with Crippen LogP contribution in [0.5, 0.6) is 0 Å². The van der Waals surface area contributed by atoms with Crippen molar-refractivity contribution in [3.8, 4) is 0 Å². The van der Waals surface area contributed by atoms with E-state index < -0.39 is 30.1 Å². The van der Waals surface area contributed by atoms with Gasteiger partial charge in [-0.3, -0.25) is 14.5 Å². The molecule has 2 aromatic rings. The average molecular weight is 479 g/mol. The highest BCUT2D eigenvalue weighted by molar-refractivity contribution is 5.91. The number of benzene rings is 2. The van der Waals surface area contributed by atoms with Crippen LogP contribution >= 0.6 is 0 Å². The van der Waals surface area contributed by atoms with Gasteiger partial charge in [-0.15, -0.1) is 0 Å². The highest BCUT2D eigenvalue weighted by Gasteiger charge is 2.40. The fourth-order valence-electron chi connectivity index (χ4n) is 4.84. The van der Waals surface area contributed by atoms with Crippen LogP contribution in [0.2, 0.25) is 0 Å². The van der Waals surface area contributed by atoms with Crippen LogP contribution in [0.3, 0.4) is 0 Å². The Balaban J connectivity index is 1.53. The number of hydrogen-bond acceptors (Lipinski definition) is 6. The number of ketones is 1. The van der Waals surface area contributed by atoms with Crippen molar-refractivity contribution < 1.29 is 28.7 Å². The number of methoxy groups -OCH3 is 1. The molecule has 2 aromatic carbocycles. The lowest BCUT2D eigenvalue weighted by Crippen LogP contribution is -2.57. The number of carbonyl (C=O) groups is 4. The van der Waals surface area contributed by atoms with E-state index in [9.17, 15) is 19.2 Å². The molecule has 2 amide bonds. The Kier molecular flexibility index (Phi) is 7.80. The first kappa shape index (κ1) is 24.4. The number of hydrogen-bond donors (Lipinski definition) is 1. The van der Waals surface area contributed by atoms with Gasteiger partial charge in [-0.2, -0.15) is 0 Å². The standard InChI is InChI=1S/C27H30N2O6/c1-34-26(32)24(20-12-7-13-22(30)14-20)28-25(31)23-15-19-10-5-6-11-21(19)16-29(23)27(33)35-17-18-8-3-2-4-9-18/h2-6,8-11,20,23-24H,7,12-17H2,1H3,(H,28,31)/t20-,23+,24+/m1/s1. The van der Waals surface area contributed by atoms with Crippen molar-refractivity contribution in [1.29, 1.82) is 0 Å². The van der Waals surface area contributed by atoms with E-state index in [1.807, 2.05) is 54.6 Å². The van der Waals surface area contributed by atoms with Gasteiger partial charge in [-0.1, -0.05) is 54.6 Å². The molecule has 184 valence electrons. The van der Waals surface area contributed by atoms with Crippen molar-refractivity contribution in [3.05, 3.63) is 71.3 Å². The Morgan fingerprint density at radius 2 is 1.74 bits per heavy atom. The summed E-state index contributed by atoms with van der Waals surface area (Å²) < 4.78 is 10.5. The second-order valence-corrected chi connectivity index (χ2v) is 9.06. The van der Waals surface area contributed by atoms with Gasteiger partial charge in [0.15, 0.2) is 0 Å². The van der Waals surface area contributed by atoms with Crippen molar-refractivity contribution in [3.63, 3.8) is 0 Å². The Morgan fingerprint density at radius 1 is 1.03 bits per heavy atom. The van der Waals surface area contributed by atoms with E-state index in [1.54, 1.807) is 0 Å². The molecule has 8 nitrogen and oxygen atoms in total. The molecule has 0 spiro atoms. The molecule has 35 heavy (non-hydrogen) atoms. The van der Waals surface area contributed by atoms with Crippen LogP contribution in [0, 0.1) is 5.92 Å². The number of esters is 1. The lowest BCUT2D eigenvalue weighted by Gasteiger charge is -2.36. The maximum absolute atomic E-state index is 13.5. The van der Waals surface area contributed by atoms with Crippen molar-refractivity contribution in [2.75, 3.05) is 7.11 Å². The maximum atomic E-state index is 13.5. The highest BCUT2D eigenvalue weighted by atomic mass is 16.6. The largest absolute Gasteiger partial charge is 0.467 e.